The van der Waals surface area contributed by atoms with Gasteiger partial charge in [-0.2, -0.15) is 0 Å². The lowest BCUT2D eigenvalue weighted by atomic mass is 10.1. The zero-order valence-electron chi connectivity index (χ0n) is 11.6. The fourth-order valence-corrected chi connectivity index (χ4v) is 1.81. The van der Waals surface area contributed by atoms with Gasteiger partial charge in [-0.1, -0.05) is 18.2 Å². The maximum atomic E-state index is 12.0. The molecule has 0 aliphatic heterocycles. The Morgan fingerprint density at radius 1 is 1.05 bits per heavy atom. The van der Waals surface area contributed by atoms with Crippen molar-refractivity contribution in [1.82, 2.24) is 0 Å². The van der Waals surface area contributed by atoms with Crippen molar-refractivity contribution in [2.75, 3.05) is 19.0 Å². The number of anilines is 1. The number of hydrogen-bond donors (Lipinski definition) is 1. The minimum Gasteiger partial charge on any atom is -0.507 e. The van der Waals surface area contributed by atoms with Gasteiger partial charge in [0.15, 0.2) is 5.78 Å². The first-order valence-electron chi connectivity index (χ1n) is 6.36. The number of rotatable bonds is 4. The quantitative estimate of drug-likeness (QED) is 0.682. The Morgan fingerprint density at radius 3 is 2.30 bits per heavy atom. The molecule has 0 aliphatic carbocycles. The second-order valence-electron chi connectivity index (χ2n) is 4.70. The smallest absolute Gasteiger partial charge is 0.185 e. The Balaban J connectivity index is 2.14. The molecule has 0 bridgehead atoms. The predicted octanol–water partition coefficient (Wildman–Crippen LogP) is 3.35. The standard InChI is InChI=1S/C17H17NO2/c1-18(2)15-10-7-14(8-11-15)17(20)12-9-13-5-3-4-6-16(13)19/h3-12,19H,1-2H3/b12-9-. The van der Waals surface area contributed by atoms with Gasteiger partial charge < -0.3 is 10.0 Å². The highest BCUT2D eigenvalue weighted by molar-refractivity contribution is 6.07. The third-order valence-electron chi connectivity index (χ3n) is 3.02. The number of nitrogens with zero attached hydrogens (tertiary/aromatic N) is 1. The summed E-state index contributed by atoms with van der Waals surface area (Å²) in [5, 5.41) is 9.62. The SMILES string of the molecule is CN(C)c1ccc(C(=O)/C=C\c2ccccc2O)cc1. The molecule has 3 nitrogen and oxygen atoms in total. The fraction of sp³-hybridized carbons (Fsp3) is 0.118. The van der Waals surface area contributed by atoms with Crippen LogP contribution in [-0.2, 0) is 0 Å². The number of phenolic OH excluding ortho intramolecular Hbond substituents is 1. The third-order valence-corrected chi connectivity index (χ3v) is 3.02. The normalized spacial score (nSPS) is 10.7. The highest BCUT2D eigenvalue weighted by Gasteiger charge is 2.03. The molecular formula is C17H17NO2. The molecule has 1 N–H and O–H groups in total. The second-order valence-corrected chi connectivity index (χ2v) is 4.70. The van der Waals surface area contributed by atoms with Crippen molar-refractivity contribution in [2.45, 2.75) is 0 Å². The van der Waals surface area contributed by atoms with Crippen molar-refractivity contribution in [3.63, 3.8) is 0 Å². The molecule has 0 aromatic heterocycles. The highest BCUT2D eigenvalue weighted by atomic mass is 16.3. The number of hydrogen-bond acceptors (Lipinski definition) is 3. The van der Waals surface area contributed by atoms with Crippen molar-refractivity contribution >= 4 is 17.5 Å². The summed E-state index contributed by atoms with van der Waals surface area (Å²) in [5.74, 6) is 0.0815. The third kappa shape index (κ3) is 3.26. The lowest BCUT2D eigenvalue weighted by molar-refractivity contribution is 0.104. The Bertz CT molecular complexity index is 628. The molecule has 0 radical (unpaired) electrons. The van der Waals surface area contributed by atoms with Gasteiger partial charge in [0, 0.05) is 30.9 Å². The van der Waals surface area contributed by atoms with Gasteiger partial charge in [-0.05, 0) is 42.5 Å². The van der Waals surface area contributed by atoms with E-state index in [4.69, 9.17) is 0 Å². The van der Waals surface area contributed by atoms with Crippen LogP contribution in [0.4, 0.5) is 5.69 Å². The molecule has 0 unspecified atom stereocenters. The molecule has 0 saturated heterocycles. The molecule has 20 heavy (non-hydrogen) atoms. The Morgan fingerprint density at radius 2 is 1.70 bits per heavy atom. The molecule has 0 atom stereocenters. The number of phenols is 1. The monoisotopic (exact) mass is 267 g/mol. The zero-order valence-corrected chi connectivity index (χ0v) is 11.6. The van der Waals surface area contributed by atoms with Crippen LogP contribution in [0.1, 0.15) is 15.9 Å². The van der Waals surface area contributed by atoms with Crippen molar-refractivity contribution in [2.24, 2.45) is 0 Å². The first kappa shape index (κ1) is 13.9. The number of para-hydroxylation sites is 1. The van der Waals surface area contributed by atoms with E-state index in [0.717, 1.165) is 5.69 Å². The summed E-state index contributed by atoms with van der Waals surface area (Å²) in [5.41, 5.74) is 2.30. The number of benzene rings is 2. The van der Waals surface area contributed by atoms with E-state index < -0.39 is 0 Å². The molecule has 2 rings (SSSR count). The van der Waals surface area contributed by atoms with Gasteiger partial charge in [-0.15, -0.1) is 0 Å². The van der Waals surface area contributed by atoms with Gasteiger partial charge in [0.25, 0.3) is 0 Å². The first-order chi connectivity index (χ1) is 9.58. The molecule has 102 valence electrons. The van der Waals surface area contributed by atoms with Crippen LogP contribution in [0.15, 0.2) is 54.6 Å². The number of allylic oxidation sites excluding steroid dienone is 1. The van der Waals surface area contributed by atoms with Crippen LogP contribution < -0.4 is 4.90 Å². The predicted molar refractivity (Wildman–Crippen MR) is 82.2 cm³/mol. The highest BCUT2D eigenvalue weighted by Crippen LogP contribution is 2.18. The average molecular weight is 267 g/mol. The van der Waals surface area contributed by atoms with Crippen LogP contribution in [0.2, 0.25) is 0 Å². The molecule has 0 heterocycles. The Labute approximate surface area is 118 Å². The van der Waals surface area contributed by atoms with E-state index >= 15 is 0 Å². The molecule has 0 saturated carbocycles. The minimum atomic E-state index is -0.0847. The molecular weight excluding hydrogens is 250 g/mol. The second kappa shape index (κ2) is 6.06. The molecule has 0 aliphatic rings. The summed E-state index contributed by atoms with van der Waals surface area (Å²) in [6, 6.07) is 14.3. The van der Waals surface area contributed by atoms with E-state index in [9.17, 15) is 9.90 Å². The molecule has 0 amide bonds. The molecule has 0 fully saturated rings. The Kier molecular flexibility index (Phi) is 4.20. The summed E-state index contributed by atoms with van der Waals surface area (Å²) >= 11 is 0. The fourth-order valence-electron chi connectivity index (χ4n) is 1.81. The number of aromatic hydroxyl groups is 1. The van der Waals surface area contributed by atoms with Crippen LogP contribution in [0.3, 0.4) is 0 Å². The van der Waals surface area contributed by atoms with Crippen LogP contribution in [0.25, 0.3) is 6.08 Å². The lowest BCUT2D eigenvalue weighted by Crippen LogP contribution is -2.08. The number of carbonyl (C=O) groups excluding carboxylic acids is 1. The summed E-state index contributed by atoms with van der Waals surface area (Å²) < 4.78 is 0. The van der Waals surface area contributed by atoms with Gasteiger partial charge >= 0.3 is 0 Å². The van der Waals surface area contributed by atoms with Gasteiger partial charge in [-0.25, -0.2) is 0 Å². The van der Waals surface area contributed by atoms with E-state index in [0.29, 0.717) is 11.1 Å². The summed E-state index contributed by atoms with van der Waals surface area (Å²) in [4.78, 5) is 14.0. The van der Waals surface area contributed by atoms with Gasteiger partial charge in [-0.3, -0.25) is 4.79 Å². The van der Waals surface area contributed by atoms with Crippen LogP contribution >= 0.6 is 0 Å². The van der Waals surface area contributed by atoms with Crippen molar-refractivity contribution in [3.8, 4) is 5.75 Å². The van der Waals surface area contributed by atoms with Crippen LogP contribution in [0.5, 0.6) is 5.75 Å². The number of carbonyl (C=O) groups is 1. The van der Waals surface area contributed by atoms with Crippen LogP contribution in [0, 0.1) is 0 Å². The van der Waals surface area contributed by atoms with Crippen molar-refractivity contribution in [3.05, 3.63) is 65.7 Å². The van der Waals surface area contributed by atoms with Crippen LogP contribution in [-0.4, -0.2) is 25.0 Å². The summed E-state index contributed by atoms with van der Waals surface area (Å²) in [6.45, 7) is 0. The van der Waals surface area contributed by atoms with Gasteiger partial charge in [0.2, 0.25) is 0 Å². The molecule has 2 aromatic carbocycles. The maximum Gasteiger partial charge on any atom is 0.185 e. The summed E-state index contributed by atoms with van der Waals surface area (Å²) in [6.07, 6.45) is 3.09. The van der Waals surface area contributed by atoms with E-state index in [-0.39, 0.29) is 11.5 Å². The minimum absolute atomic E-state index is 0.0847. The number of ketones is 1. The van der Waals surface area contributed by atoms with Crippen molar-refractivity contribution in [1.29, 1.82) is 0 Å². The van der Waals surface area contributed by atoms with Gasteiger partial charge in [0.05, 0.1) is 0 Å². The lowest BCUT2D eigenvalue weighted by Gasteiger charge is -2.11. The largest absolute Gasteiger partial charge is 0.507 e. The average Bonchev–Trinajstić information content (AvgIpc) is 2.46. The van der Waals surface area contributed by atoms with E-state index in [1.807, 2.05) is 37.2 Å². The molecule has 0 spiro atoms. The van der Waals surface area contributed by atoms with E-state index in [1.54, 1.807) is 36.4 Å². The van der Waals surface area contributed by atoms with E-state index in [2.05, 4.69) is 0 Å². The Hall–Kier alpha value is -2.55. The summed E-state index contributed by atoms with van der Waals surface area (Å²) in [7, 11) is 3.91. The molecule has 3 heteroatoms. The topological polar surface area (TPSA) is 40.5 Å². The zero-order chi connectivity index (χ0) is 14.5. The van der Waals surface area contributed by atoms with Gasteiger partial charge in [0.1, 0.15) is 5.75 Å². The maximum absolute atomic E-state index is 12.0. The molecule has 2 aromatic rings. The van der Waals surface area contributed by atoms with E-state index in [1.165, 1.54) is 6.08 Å². The van der Waals surface area contributed by atoms with Crippen molar-refractivity contribution < 1.29 is 9.90 Å². The first-order valence-corrected chi connectivity index (χ1v) is 6.36.